The van der Waals surface area contributed by atoms with E-state index in [1.54, 1.807) is 41.8 Å². The Morgan fingerprint density at radius 1 is 1.02 bits per heavy atom. The molecule has 43 heavy (non-hydrogen) atoms. The van der Waals surface area contributed by atoms with Gasteiger partial charge in [0.15, 0.2) is 0 Å². The summed E-state index contributed by atoms with van der Waals surface area (Å²) in [4.78, 5) is 58.3. The fourth-order valence-electron chi connectivity index (χ4n) is 7.82. The minimum atomic E-state index is -1.29. The van der Waals surface area contributed by atoms with E-state index in [0.717, 1.165) is 32.1 Å². The number of carbonyl (C=O) groups is 4. The van der Waals surface area contributed by atoms with Gasteiger partial charge >= 0.3 is 6.09 Å². The molecule has 0 aromatic heterocycles. The Morgan fingerprint density at radius 2 is 1.74 bits per heavy atom. The normalized spacial score (nSPS) is 32.2. The van der Waals surface area contributed by atoms with Gasteiger partial charge in [0.25, 0.3) is 0 Å². The molecule has 6 rings (SSSR count). The van der Waals surface area contributed by atoms with E-state index in [4.69, 9.17) is 32.7 Å². The molecule has 232 valence electrons. The quantitative estimate of drug-likeness (QED) is 0.445. The van der Waals surface area contributed by atoms with Crippen LogP contribution in [0.4, 0.5) is 10.5 Å². The lowest BCUT2D eigenvalue weighted by Gasteiger charge is -2.41. The summed E-state index contributed by atoms with van der Waals surface area (Å²) in [5.74, 6) is -2.70. The molecular formula is C31H38Cl2N4O6. The minimum Gasteiger partial charge on any atom is -0.450 e. The van der Waals surface area contributed by atoms with Crippen molar-refractivity contribution in [2.24, 2.45) is 11.8 Å². The van der Waals surface area contributed by atoms with Gasteiger partial charge in [0, 0.05) is 30.9 Å². The zero-order chi connectivity index (χ0) is 30.5. The Bertz CT molecular complexity index is 1340. The number of fused-ring (bicyclic) bond motifs is 1. The van der Waals surface area contributed by atoms with Crippen molar-refractivity contribution < 1.29 is 28.7 Å². The molecule has 12 heteroatoms. The molecule has 5 atom stereocenters. The number of hydrogen-bond acceptors (Lipinski definition) is 6. The van der Waals surface area contributed by atoms with Gasteiger partial charge < -0.3 is 29.9 Å². The van der Waals surface area contributed by atoms with Crippen LogP contribution in [-0.2, 0) is 23.9 Å². The highest BCUT2D eigenvalue weighted by molar-refractivity contribution is 6.42. The lowest BCUT2D eigenvalue weighted by Crippen LogP contribution is -2.60. The second-order valence-corrected chi connectivity index (χ2v) is 13.3. The maximum Gasteiger partial charge on any atom is 0.409 e. The Labute approximate surface area is 261 Å². The van der Waals surface area contributed by atoms with Crippen LogP contribution in [0.5, 0.6) is 0 Å². The summed E-state index contributed by atoms with van der Waals surface area (Å²) in [7, 11) is 0. The molecule has 4 fully saturated rings. The number of benzene rings is 1. The van der Waals surface area contributed by atoms with Crippen molar-refractivity contribution in [2.45, 2.75) is 88.1 Å². The molecule has 3 saturated heterocycles. The minimum absolute atomic E-state index is 0.0335. The zero-order valence-electron chi connectivity index (χ0n) is 24.4. The highest BCUT2D eigenvalue weighted by atomic mass is 35.5. The molecule has 1 aliphatic carbocycles. The van der Waals surface area contributed by atoms with Crippen molar-refractivity contribution in [3.8, 4) is 0 Å². The van der Waals surface area contributed by atoms with Gasteiger partial charge in [-0.2, -0.15) is 0 Å². The lowest BCUT2D eigenvalue weighted by molar-refractivity contribution is -0.148. The first-order chi connectivity index (χ1) is 20.6. The number of carbonyl (C=O) groups excluding carboxylic acids is 4. The predicted molar refractivity (Wildman–Crippen MR) is 161 cm³/mol. The highest BCUT2D eigenvalue weighted by Crippen LogP contribution is 2.60. The van der Waals surface area contributed by atoms with Gasteiger partial charge in [0.05, 0.1) is 34.1 Å². The predicted octanol–water partition coefficient (Wildman–Crippen LogP) is 4.54. The van der Waals surface area contributed by atoms with Crippen LogP contribution in [0.2, 0.25) is 10.0 Å². The van der Waals surface area contributed by atoms with E-state index in [1.165, 1.54) is 0 Å². The average molecular weight is 634 g/mol. The SMILES string of the molecule is CCOC(=O)N1CCC(N2C(=O)[C@H]3[C@H](C(=O)Nc4ccc(Cl)c(Cl)c4)[C@@]4(C)C=C[C@@]3(O4)[C@@H]2C(=O)NC2CCCCC2)CC1. The molecule has 1 spiro atoms. The van der Waals surface area contributed by atoms with Gasteiger partial charge in [-0.15, -0.1) is 0 Å². The maximum atomic E-state index is 14.5. The molecule has 4 aliphatic heterocycles. The number of anilines is 1. The number of nitrogens with one attached hydrogen (secondary N) is 2. The third-order valence-corrected chi connectivity index (χ3v) is 10.5. The van der Waals surface area contributed by atoms with Gasteiger partial charge in [0.2, 0.25) is 17.7 Å². The number of amides is 4. The van der Waals surface area contributed by atoms with E-state index in [9.17, 15) is 19.2 Å². The van der Waals surface area contributed by atoms with E-state index in [1.807, 2.05) is 12.2 Å². The Hall–Kier alpha value is -2.82. The summed E-state index contributed by atoms with van der Waals surface area (Å²) in [5, 5.41) is 6.79. The number of rotatable bonds is 6. The fraction of sp³-hybridized carbons (Fsp3) is 0.613. The van der Waals surface area contributed by atoms with E-state index < -0.39 is 35.0 Å². The zero-order valence-corrected chi connectivity index (χ0v) is 26.0. The summed E-state index contributed by atoms with van der Waals surface area (Å²) in [6.45, 7) is 4.64. The van der Waals surface area contributed by atoms with E-state index in [2.05, 4.69) is 10.6 Å². The first kappa shape index (κ1) is 30.2. The fourth-order valence-corrected chi connectivity index (χ4v) is 8.12. The summed E-state index contributed by atoms with van der Waals surface area (Å²) in [6.07, 6.45) is 9.27. The monoisotopic (exact) mass is 632 g/mol. The summed E-state index contributed by atoms with van der Waals surface area (Å²) < 4.78 is 11.8. The second kappa shape index (κ2) is 11.6. The molecular weight excluding hydrogens is 595 g/mol. The first-order valence-corrected chi connectivity index (χ1v) is 16.0. The Kier molecular flexibility index (Phi) is 8.15. The van der Waals surface area contributed by atoms with Crippen LogP contribution in [0.3, 0.4) is 0 Å². The van der Waals surface area contributed by atoms with Crippen molar-refractivity contribution in [2.75, 3.05) is 25.0 Å². The third-order valence-electron chi connectivity index (χ3n) is 9.79. The Balaban J connectivity index is 1.31. The summed E-state index contributed by atoms with van der Waals surface area (Å²) in [5.41, 5.74) is -1.92. The Morgan fingerprint density at radius 3 is 2.42 bits per heavy atom. The van der Waals surface area contributed by atoms with Crippen LogP contribution >= 0.6 is 23.2 Å². The number of hydrogen-bond donors (Lipinski definition) is 2. The molecule has 1 saturated carbocycles. The molecule has 4 heterocycles. The largest absolute Gasteiger partial charge is 0.450 e. The summed E-state index contributed by atoms with van der Waals surface area (Å²) >= 11 is 12.3. The van der Waals surface area contributed by atoms with Gasteiger partial charge in [0.1, 0.15) is 11.6 Å². The third kappa shape index (κ3) is 5.19. The van der Waals surface area contributed by atoms with Gasteiger partial charge in [-0.05, 0) is 57.7 Å². The lowest BCUT2D eigenvalue weighted by atomic mass is 9.70. The van der Waals surface area contributed by atoms with Gasteiger partial charge in [-0.3, -0.25) is 14.4 Å². The van der Waals surface area contributed by atoms with E-state index >= 15 is 0 Å². The van der Waals surface area contributed by atoms with Crippen molar-refractivity contribution >= 4 is 52.7 Å². The smallest absolute Gasteiger partial charge is 0.409 e. The molecule has 1 aromatic rings. The first-order valence-electron chi connectivity index (χ1n) is 15.3. The molecule has 0 unspecified atom stereocenters. The van der Waals surface area contributed by atoms with Crippen LogP contribution in [0.1, 0.15) is 58.8 Å². The second-order valence-electron chi connectivity index (χ2n) is 12.5. The van der Waals surface area contributed by atoms with Crippen LogP contribution in [-0.4, -0.2) is 82.6 Å². The molecule has 10 nitrogen and oxygen atoms in total. The highest BCUT2D eigenvalue weighted by Gasteiger charge is 2.76. The van der Waals surface area contributed by atoms with Crippen molar-refractivity contribution in [3.63, 3.8) is 0 Å². The van der Waals surface area contributed by atoms with Crippen LogP contribution in [0.25, 0.3) is 0 Å². The molecule has 4 amide bonds. The number of piperidine rings is 1. The molecule has 0 radical (unpaired) electrons. The number of ether oxygens (including phenoxy) is 2. The van der Waals surface area contributed by atoms with Crippen molar-refractivity contribution in [1.29, 1.82) is 0 Å². The average Bonchev–Trinajstić information content (AvgIpc) is 3.56. The molecule has 2 N–H and O–H groups in total. The molecule has 5 aliphatic rings. The van der Waals surface area contributed by atoms with E-state index in [-0.39, 0.29) is 36.6 Å². The topological polar surface area (TPSA) is 117 Å². The van der Waals surface area contributed by atoms with Crippen LogP contribution in [0, 0.1) is 11.8 Å². The van der Waals surface area contributed by atoms with Crippen LogP contribution in [0.15, 0.2) is 30.4 Å². The standard InChI is InChI=1S/C31H38Cl2N4O6/c1-3-42-29(41)36-15-11-20(12-16-36)37-25(27(39)34-18-7-5-4-6-8-18)31-14-13-30(2,43-31)23(24(31)28(37)40)26(38)35-19-9-10-21(32)22(33)17-19/h9-10,13-14,17-18,20,23-25H,3-8,11-12,15-16H2,1-2H3,(H,34,39)(H,35,38)/t23-,24-,25+,30-,31+/m1/s1. The summed E-state index contributed by atoms with van der Waals surface area (Å²) in [6, 6.07) is 3.59. The van der Waals surface area contributed by atoms with Crippen molar-refractivity contribution in [3.05, 3.63) is 40.4 Å². The number of halogens is 2. The maximum absolute atomic E-state index is 14.5. The number of likely N-dealkylation sites (tertiary alicyclic amines) is 2. The van der Waals surface area contributed by atoms with Crippen molar-refractivity contribution in [1.82, 2.24) is 15.1 Å². The molecule has 1 aromatic carbocycles. The molecule has 2 bridgehead atoms. The van der Waals surface area contributed by atoms with Gasteiger partial charge in [-0.1, -0.05) is 54.6 Å². The van der Waals surface area contributed by atoms with Crippen LogP contribution < -0.4 is 10.6 Å². The van der Waals surface area contributed by atoms with E-state index in [0.29, 0.717) is 41.7 Å². The van der Waals surface area contributed by atoms with Gasteiger partial charge in [-0.25, -0.2) is 4.79 Å². The number of nitrogens with zero attached hydrogens (tertiary/aromatic N) is 2.